The molecule has 0 saturated carbocycles. The molecular formula is C11H15N3S. The molecule has 0 amide bonds. The Kier molecular flexibility index (Phi) is 3.98. The Morgan fingerprint density at radius 3 is 2.93 bits per heavy atom. The number of anilines is 1. The van der Waals surface area contributed by atoms with Crippen molar-refractivity contribution in [3.05, 3.63) is 24.0 Å². The number of aromatic nitrogens is 1. The molecule has 0 unspecified atom stereocenters. The van der Waals surface area contributed by atoms with Crippen LogP contribution in [0.1, 0.15) is 19.4 Å². The van der Waals surface area contributed by atoms with Crippen molar-refractivity contribution in [2.75, 3.05) is 18.1 Å². The molecule has 0 radical (unpaired) electrons. The van der Waals surface area contributed by atoms with Crippen LogP contribution < -0.4 is 5.32 Å². The quantitative estimate of drug-likeness (QED) is 0.848. The molecule has 15 heavy (non-hydrogen) atoms. The van der Waals surface area contributed by atoms with Crippen molar-refractivity contribution in [1.29, 1.82) is 5.26 Å². The Morgan fingerprint density at radius 2 is 2.33 bits per heavy atom. The van der Waals surface area contributed by atoms with Crippen LogP contribution in [0.15, 0.2) is 18.5 Å². The zero-order valence-corrected chi connectivity index (χ0v) is 10.1. The number of nitrogens with zero attached hydrogens (tertiary/aromatic N) is 2. The molecule has 0 saturated heterocycles. The molecule has 4 heteroatoms. The lowest BCUT2D eigenvalue weighted by molar-refractivity contribution is 0.752. The van der Waals surface area contributed by atoms with Crippen LogP contribution in [0.5, 0.6) is 0 Å². The Labute approximate surface area is 94.9 Å². The first-order valence-electron chi connectivity index (χ1n) is 4.72. The van der Waals surface area contributed by atoms with Crippen molar-refractivity contribution in [3.8, 4) is 6.07 Å². The van der Waals surface area contributed by atoms with E-state index in [0.29, 0.717) is 5.56 Å². The Morgan fingerprint density at radius 1 is 1.60 bits per heavy atom. The van der Waals surface area contributed by atoms with E-state index >= 15 is 0 Å². The summed E-state index contributed by atoms with van der Waals surface area (Å²) in [6.45, 7) is 5.16. The van der Waals surface area contributed by atoms with E-state index in [0.717, 1.165) is 12.2 Å². The van der Waals surface area contributed by atoms with Gasteiger partial charge < -0.3 is 5.32 Å². The Bertz CT molecular complexity index is 368. The number of pyridine rings is 1. The van der Waals surface area contributed by atoms with Crippen LogP contribution in [0, 0.1) is 11.3 Å². The fourth-order valence-electron chi connectivity index (χ4n) is 1.02. The average Bonchev–Trinajstić information content (AvgIpc) is 2.27. The second-order valence-corrected chi connectivity index (χ2v) is 5.36. The van der Waals surface area contributed by atoms with Gasteiger partial charge in [-0.1, -0.05) is 0 Å². The largest absolute Gasteiger partial charge is 0.383 e. The minimum absolute atomic E-state index is 0.163. The lowest BCUT2D eigenvalue weighted by atomic mass is 10.2. The number of hydrogen-bond donors (Lipinski definition) is 1. The normalized spacial score (nSPS) is 10.8. The lowest BCUT2D eigenvalue weighted by Gasteiger charge is -2.23. The fraction of sp³-hybridized carbons (Fsp3) is 0.455. The molecule has 0 atom stereocenters. The van der Waals surface area contributed by atoms with Gasteiger partial charge >= 0.3 is 0 Å². The molecule has 0 aliphatic heterocycles. The molecule has 0 aromatic carbocycles. The Hall–Kier alpha value is -1.21. The van der Waals surface area contributed by atoms with Crippen molar-refractivity contribution < 1.29 is 0 Å². The summed E-state index contributed by atoms with van der Waals surface area (Å²) < 4.78 is 0.163. The van der Waals surface area contributed by atoms with Crippen molar-refractivity contribution in [2.24, 2.45) is 0 Å². The minimum atomic E-state index is 0.163. The highest BCUT2D eigenvalue weighted by Gasteiger charge is 2.15. The Balaban J connectivity index is 2.70. The molecule has 1 aromatic rings. The van der Waals surface area contributed by atoms with E-state index in [1.807, 2.05) is 6.07 Å². The number of rotatable bonds is 4. The molecular weight excluding hydrogens is 206 g/mol. The molecule has 0 spiro atoms. The smallest absolute Gasteiger partial charge is 0.103 e. The van der Waals surface area contributed by atoms with E-state index in [9.17, 15) is 0 Å². The molecule has 3 nitrogen and oxygen atoms in total. The number of thioether (sulfide) groups is 1. The first-order valence-corrected chi connectivity index (χ1v) is 5.94. The standard InChI is InChI=1S/C11H15N3S/c1-11(2,15-3)8-14-10-4-5-13-7-9(10)6-12/h4-5,7H,8H2,1-3H3,(H,13,14). The van der Waals surface area contributed by atoms with Gasteiger partial charge in [-0.15, -0.1) is 0 Å². The molecule has 80 valence electrons. The molecule has 1 aromatic heterocycles. The summed E-state index contributed by atoms with van der Waals surface area (Å²) in [5.41, 5.74) is 1.45. The highest BCUT2D eigenvalue weighted by molar-refractivity contribution is 7.99. The maximum atomic E-state index is 8.87. The summed E-state index contributed by atoms with van der Waals surface area (Å²) in [6.07, 6.45) is 5.35. The van der Waals surface area contributed by atoms with Crippen molar-refractivity contribution >= 4 is 17.4 Å². The second-order valence-electron chi connectivity index (χ2n) is 3.85. The zero-order chi connectivity index (χ0) is 11.3. The van der Waals surface area contributed by atoms with Crippen LogP contribution in [0.2, 0.25) is 0 Å². The number of nitrogens with one attached hydrogen (secondary N) is 1. The van der Waals surface area contributed by atoms with Crippen LogP contribution in [-0.4, -0.2) is 22.5 Å². The highest BCUT2D eigenvalue weighted by atomic mass is 32.2. The van der Waals surface area contributed by atoms with Crippen molar-refractivity contribution in [2.45, 2.75) is 18.6 Å². The molecule has 1 heterocycles. The van der Waals surface area contributed by atoms with Crippen molar-refractivity contribution in [1.82, 2.24) is 4.98 Å². The van der Waals surface area contributed by atoms with E-state index in [1.54, 1.807) is 24.2 Å². The van der Waals surface area contributed by atoms with Crippen LogP contribution in [0.4, 0.5) is 5.69 Å². The van der Waals surface area contributed by atoms with Gasteiger partial charge in [-0.25, -0.2) is 0 Å². The summed E-state index contributed by atoms with van der Waals surface area (Å²) in [4.78, 5) is 3.91. The average molecular weight is 221 g/mol. The van der Waals surface area contributed by atoms with E-state index in [2.05, 4.69) is 36.5 Å². The van der Waals surface area contributed by atoms with Gasteiger partial charge in [-0.05, 0) is 26.2 Å². The van der Waals surface area contributed by atoms with Gasteiger partial charge in [0.2, 0.25) is 0 Å². The van der Waals surface area contributed by atoms with Crippen LogP contribution in [0.25, 0.3) is 0 Å². The number of hydrogen-bond acceptors (Lipinski definition) is 4. The van der Waals surface area contributed by atoms with Gasteiger partial charge in [0.25, 0.3) is 0 Å². The summed E-state index contributed by atoms with van der Waals surface area (Å²) in [6, 6.07) is 3.95. The van der Waals surface area contributed by atoms with Gasteiger partial charge in [0.15, 0.2) is 0 Å². The SMILES string of the molecule is CSC(C)(C)CNc1ccncc1C#N. The van der Waals surface area contributed by atoms with E-state index < -0.39 is 0 Å². The topological polar surface area (TPSA) is 48.7 Å². The minimum Gasteiger partial charge on any atom is -0.383 e. The molecule has 1 N–H and O–H groups in total. The van der Waals surface area contributed by atoms with Crippen LogP contribution >= 0.6 is 11.8 Å². The summed E-state index contributed by atoms with van der Waals surface area (Å²) in [7, 11) is 0. The van der Waals surface area contributed by atoms with Gasteiger partial charge in [0.05, 0.1) is 11.3 Å². The van der Waals surface area contributed by atoms with Crippen molar-refractivity contribution in [3.63, 3.8) is 0 Å². The summed E-state index contributed by atoms with van der Waals surface area (Å²) in [5.74, 6) is 0. The van der Waals surface area contributed by atoms with Gasteiger partial charge in [0.1, 0.15) is 6.07 Å². The lowest BCUT2D eigenvalue weighted by Crippen LogP contribution is -2.26. The molecule has 1 rings (SSSR count). The van der Waals surface area contributed by atoms with Crippen LogP contribution in [0.3, 0.4) is 0 Å². The maximum absolute atomic E-state index is 8.87. The van der Waals surface area contributed by atoms with E-state index in [-0.39, 0.29) is 4.75 Å². The van der Waals surface area contributed by atoms with Crippen LogP contribution in [-0.2, 0) is 0 Å². The van der Waals surface area contributed by atoms with E-state index in [4.69, 9.17) is 5.26 Å². The molecule has 0 bridgehead atoms. The monoisotopic (exact) mass is 221 g/mol. The maximum Gasteiger partial charge on any atom is 0.103 e. The second kappa shape index (κ2) is 5.04. The third kappa shape index (κ3) is 3.45. The fourth-order valence-corrected chi connectivity index (χ4v) is 1.23. The zero-order valence-electron chi connectivity index (χ0n) is 9.24. The molecule has 0 fully saturated rings. The van der Waals surface area contributed by atoms with E-state index in [1.165, 1.54) is 0 Å². The van der Waals surface area contributed by atoms with Gasteiger partial charge in [-0.3, -0.25) is 4.98 Å². The first-order chi connectivity index (χ1) is 7.09. The summed E-state index contributed by atoms with van der Waals surface area (Å²) in [5, 5.41) is 12.1. The third-order valence-corrected chi connectivity index (χ3v) is 3.45. The number of nitriles is 1. The molecule has 0 aliphatic rings. The third-order valence-electron chi connectivity index (χ3n) is 2.20. The van der Waals surface area contributed by atoms with Gasteiger partial charge in [-0.2, -0.15) is 17.0 Å². The predicted octanol–water partition coefficient (Wildman–Crippen LogP) is 2.51. The molecule has 0 aliphatic carbocycles. The first kappa shape index (κ1) is 11.9. The summed E-state index contributed by atoms with van der Waals surface area (Å²) >= 11 is 1.80. The highest BCUT2D eigenvalue weighted by Crippen LogP contribution is 2.22. The predicted molar refractivity (Wildman–Crippen MR) is 65.0 cm³/mol. The van der Waals surface area contributed by atoms with Gasteiger partial charge in [0, 0.05) is 23.7 Å².